The zero-order valence-corrected chi connectivity index (χ0v) is 18.5. The molecule has 3 aliphatic rings. The van der Waals surface area contributed by atoms with Crippen molar-refractivity contribution in [2.75, 3.05) is 13.7 Å². The Balaban J connectivity index is 1.52. The van der Waals surface area contributed by atoms with Crippen molar-refractivity contribution in [1.82, 2.24) is 0 Å². The van der Waals surface area contributed by atoms with Crippen molar-refractivity contribution < 1.29 is 49.3 Å². The summed E-state index contributed by atoms with van der Waals surface area (Å²) in [5.74, 6) is -2.05. The lowest BCUT2D eigenvalue weighted by Crippen LogP contribution is -2.41. The third kappa shape index (κ3) is 7.36. The number of methoxy groups -OCH3 is 1. The molecule has 7 atom stereocenters. The lowest BCUT2D eigenvalue weighted by molar-refractivity contribution is -0.341. The molecule has 0 amide bonds. The van der Waals surface area contributed by atoms with Crippen molar-refractivity contribution in [3.63, 3.8) is 0 Å². The molecule has 32 heavy (non-hydrogen) atoms. The highest BCUT2D eigenvalue weighted by Crippen LogP contribution is 2.33. The molecule has 3 fully saturated rings. The maximum absolute atomic E-state index is 12.6. The number of carbonyl (C=O) groups is 2. The van der Waals surface area contributed by atoms with Crippen LogP contribution in [0.5, 0.6) is 0 Å². The van der Waals surface area contributed by atoms with E-state index in [9.17, 15) is 30.0 Å². The Morgan fingerprint density at radius 1 is 0.688 bits per heavy atom. The number of ether oxygens (including phenoxy) is 2. The monoisotopic (exact) mass is 460 g/mol. The first-order valence-corrected chi connectivity index (χ1v) is 11.5. The summed E-state index contributed by atoms with van der Waals surface area (Å²) in [6.07, 6.45) is -0.545. The van der Waals surface area contributed by atoms with E-state index in [1.807, 2.05) is 0 Å². The Morgan fingerprint density at radius 2 is 1.22 bits per heavy atom. The van der Waals surface area contributed by atoms with Crippen LogP contribution in [0.3, 0.4) is 0 Å². The zero-order chi connectivity index (χ0) is 23.3. The van der Waals surface area contributed by atoms with E-state index in [-0.39, 0.29) is 31.8 Å². The van der Waals surface area contributed by atoms with Gasteiger partial charge in [-0.2, -0.15) is 0 Å². The first kappa shape index (κ1) is 25.3. The molecule has 0 aromatic rings. The molecule has 0 heterocycles. The number of aliphatic hydroxyl groups is 4. The van der Waals surface area contributed by atoms with Crippen LogP contribution in [0.25, 0.3) is 0 Å². The highest BCUT2D eigenvalue weighted by molar-refractivity contribution is 5.74. The van der Waals surface area contributed by atoms with Crippen molar-refractivity contribution in [2.24, 2.45) is 17.8 Å². The van der Waals surface area contributed by atoms with Crippen LogP contribution < -0.4 is 0 Å². The standard InChI is InChI=1S/C22H36O10/c1-29-21(27)14-6-19(31-22(28)13-4-17(25)9-18(26)5-13)10-20(7-14)32-30-11-12-2-15(23)8-16(24)3-12/h12-20,23-26H,2-11H2,1H3. The number of aliphatic hydroxyl groups excluding tert-OH is 4. The van der Waals surface area contributed by atoms with Gasteiger partial charge in [0, 0.05) is 6.42 Å². The maximum Gasteiger partial charge on any atom is 0.309 e. The quantitative estimate of drug-likeness (QED) is 0.236. The smallest absolute Gasteiger partial charge is 0.309 e. The van der Waals surface area contributed by atoms with Crippen molar-refractivity contribution in [3.05, 3.63) is 0 Å². The van der Waals surface area contributed by atoms with E-state index < -0.39 is 60.4 Å². The molecule has 3 aliphatic carbocycles. The van der Waals surface area contributed by atoms with Gasteiger partial charge in [-0.1, -0.05) is 0 Å². The first-order valence-electron chi connectivity index (χ1n) is 11.5. The number of esters is 2. The molecule has 0 aromatic heterocycles. The second kappa shape index (κ2) is 11.7. The summed E-state index contributed by atoms with van der Waals surface area (Å²) in [6.45, 7) is 0.204. The lowest BCUT2D eigenvalue weighted by Gasteiger charge is -2.35. The van der Waals surface area contributed by atoms with Crippen molar-refractivity contribution in [2.45, 2.75) is 94.4 Å². The Morgan fingerprint density at radius 3 is 1.81 bits per heavy atom. The van der Waals surface area contributed by atoms with Crippen molar-refractivity contribution >= 4 is 11.9 Å². The Labute approximate surface area is 187 Å². The van der Waals surface area contributed by atoms with Crippen LogP contribution in [0, 0.1) is 17.8 Å². The van der Waals surface area contributed by atoms with Gasteiger partial charge < -0.3 is 29.9 Å². The van der Waals surface area contributed by atoms with Crippen LogP contribution >= 0.6 is 0 Å². The Kier molecular flexibility index (Phi) is 9.27. The highest BCUT2D eigenvalue weighted by Gasteiger charge is 2.39. The van der Waals surface area contributed by atoms with Gasteiger partial charge in [0.05, 0.1) is 56.1 Å². The average molecular weight is 461 g/mol. The molecule has 3 saturated carbocycles. The minimum Gasteiger partial charge on any atom is -0.469 e. The summed E-state index contributed by atoms with van der Waals surface area (Å²) in [5.41, 5.74) is 0. The number of rotatable bonds is 7. The average Bonchev–Trinajstić information content (AvgIpc) is 2.71. The molecule has 7 unspecified atom stereocenters. The van der Waals surface area contributed by atoms with Gasteiger partial charge in [-0.05, 0) is 57.3 Å². The van der Waals surface area contributed by atoms with E-state index in [4.69, 9.17) is 19.2 Å². The van der Waals surface area contributed by atoms with Gasteiger partial charge in [-0.15, -0.1) is 0 Å². The van der Waals surface area contributed by atoms with Crippen LogP contribution in [-0.4, -0.2) is 82.7 Å². The van der Waals surface area contributed by atoms with Crippen LogP contribution in [-0.2, 0) is 28.8 Å². The predicted molar refractivity (Wildman–Crippen MR) is 109 cm³/mol. The zero-order valence-electron chi connectivity index (χ0n) is 18.5. The molecule has 184 valence electrons. The lowest BCUT2D eigenvalue weighted by atomic mass is 9.84. The fraction of sp³-hybridized carbons (Fsp3) is 0.909. The fourth-order valence-corrected chi connectivity index (χ4v) is 5.20. The second-order valence-electron chi connectivity index (χ2n) is 9.58. The molecule has 3 rings (SSSR count). The first-order chi connectivity index (χ1) is 15.2. The van der Waals surface area contributed by atoms with Gasteiger partial charge in [-0.25, -0.2) is 9.78 Å². The van der Waals surface area contributed by atoms with Crippen LogP contribution in [0.2, 0.25) is 0 Å². The minimum atomic E-state index is -0.744. The van der Waals surface area contributed by atoms with Gasteiger partial charge in [0.2, 0.25) is 0 Å². The molecule has 0 radical (unpaired) electrons. The third-order valence-corrected chi connectivity index (χ3v) is 6.69. The third-order valence-electron chi connectivity index (χ3n) is 6.69. The molecule has 0 aromatic carbocycles. The van der Waals surface area contributed by atoms with Crippen LogP contribution in [0.15, 0.2) is 0 Å². The Bertz CT molecular complexity index is 608. The molecule has 0 bridgehead atoms. The van der Waals surface area contributed by atoms with E-state index >= 15 is 0 Å². The molecule has 4 N–H and O–H groups in total. The molecule has 0 aliphatic heterocycles. The van der Waals surface area contributed by atoms with Gasteiger partial charge in [0.15, 0.2) is 0 Å². The van der Waals surface area contributed by atoms with E-state index in [0.29, 0.717) is 38.5 Å². The number of hydrogen-bond acceptors (Lipinski definition) is 10. The Hall–Kier alpha value is -1.30. The molecular weight excluding hydrogens is 424 g/mol. The summed E-state index contributed by atoms with van der Waals surface area (Å²) < 4.78 is 10.5. The largest absolute Gasteiger partial charge is 0.469 e. The highest BCUT2D eigenvalue weighted by atomic mass is 17.2. The van der Waals surface area contributed by atoms with Gasteiger partial charge in [0.1, 0.15) is 6.10 Å². The minimum absolute atomic E-state index is 0.0356. The van der Waals surface area contributed by atoms with Crippen molar-refractivity contribution in [1.29, 1.82) is 0 Å². The van der Waals surface area contributed by atoms with Gasteiger partial charge >= 0.3 is 11.9 Å². The summed E-state index contributed by atoms with van der Waals surface area (Å²) in [4.78, 5) is 35.7. The molecule has 0 spiro atoms. The summed E-state index contributed by atoms with van der Waals surface area (Å²) in [6, 6.07) is 0. The predicted octanol–water partition coefficient (Wildman–Crippen LogP) is 0.232. The van der Waals surface area contributed by atoms with Crippen LogP contribution in [0.1, 0.15) is 57.8 Å². The maximum atomic E-state index is 12.6. The molecular formula is C22H36O10. The number of hydrogen-bond donors (Lipinski definition) is 4. The number of carbonyl (C=O) groups excluding carboxylic acids is 2. The molecule has 0 saturated heterocycles. The second-order valence-corrected chi connectivity index (χ2v) is 9.58. The van der Waals surface area contributed by atoms with E-state index in [1.165, 1.54) is 7.11 Å². The van der Waals surface area contributed by atoms with Gasteiger partial charge in [0.25, 0.3) is 0 Å². The van der Waals surface area contributed by atoms with Crippen LogP contribution in [0.4, 0.5) is 0 Å². The van der Waals surface area contributed by atoms with E-state index in [2.05, 4.69) is 0 Å². The van der Waals surface area contributed by atoms with Crippen molar-refractivity contribution in [3.8, 4) is 0 Å². The topological polar surface area (TPSA) is 152 Å². The normalized spacial score (nSPS) is 40.5. The summed E-state index contributed by atoms with van der Waals surface area (Å²) in [7, 11) is 1.30. The molecule has 10 heteroatoms. The molecule has 10 nitrogen and oxygen atoms in total. The van der Waals surface area contributed by atoms with E-state index in [1.54, 1.807) is 0 Å². The fourth-order valence-electron chi connectivity index (χ4n) is 5.20. The SMILES string of the molecule is COC(=O)C1CC(OOCC2CC(O)CC(O)C2)CC(OC(=O)C2CC(O)CC(O)C2)C1. The van der Waals surface area contributed by atoms with Gasteiger partial charge in [-0.3, -0.25) is 9.59 Å². The van der Waals surface area contributed by atoms with E-state index in [0.717, 1.165) is 0 Å². The summed E-state index contributed by atoms with van der Waals surface area (Å²) in [5, 5.41) is 39.3. The summed E-state index contributed by atoms with van der Waals surface area (Å²) >= 11 is 0.